The van der Waals surface area contributed by atoms with Gasteiger partial charge in [-0.1, -0.05) is 13.0 Å². The fourth-order valence-corrected chi connectivity index (χ4v) is 7.53. The van der Waals surface area contributed by atoms with Crippen LogP contribution in [-0.2, 0) is 22.7 Å². The number of benzene rings is 3. The first-order valence-electron chi connectivity index (χ1n) is 17.1. The molecule has 0 aliphatic rings. The highest BCUT2D eigenvalue weighted by atomic mass is 32.2. The van der Waals surface area contributed by atoms with Gasteiger partial charge in [0.25, 0.3) is 10.1 Å². The molecule has 6 N–H and O–H groups in total. The summed E-state index contributed by atoms with van der Waals surface area (Å²) in [4.78, 5) is 31.7. The van der Waals surface area contributed by atoms with Crippen molar-refractivity contribution in [3.63, 3.8) is 0 Å². The van der Waals surface area contributed by atoms with E-state index >= 15 is 0 Å². The van der Waals surface area contributed by atoms with E-state index in [1.165, 1.54) is 36.0 Å². The number of carbonyl (C=O) groups is 1. The fraction of sp³-hybridized carbons (Fsp3) is 0.231. The molecule has 0 fully saturated rings. The summed E-state index contributed by atoms with van der Waals surface area (Å²) in [6.45, 7) is 8.61. The van der Waals surface area contributed by atoms with Crippen molar-refractivity contribution in [2.45, 2.75) is 64.6 Å². The summed E-state index contributed by atoms with van der Waals surface area (Å²) >= 11 is 0. The van der Waals surface area contributed by atoms with Crippen LogP contribution in [0.4, 0.5) is 18.0 Å². The van der Waals surface area contributed by atoms with E-state index in [1.54, 1.807) is 56.3 Å². The number of imidazole rings is 1. The van der Waals surface area contributed by atoms with E-state index in [1.807, 2.05) is 19.9 Å². The number of nitrogens with zero attached hydrogens (tertiary/aromatic N) is 5. The first-order valence-corrected chi connectivity index (χ1v) is 18.5. The number of halogens is 3. The fourth-order valence-electron chi connectivity index (χ4n) is 6.70. The van der Waals surface area contributed by atoms with E-state index in [0.29, 0.717) is 40.2 Å². The molecular weight excluding hydrogens is 750 g/mol. The second kappa shape index (κ2) is 15.5. The van der Waals surface area contributed by atoms with Crippen LogP contribution >= 0.6 is 0 Å². The van der Waals surface area contributed by atoms with Crippen LogP contribution in [0.3, 0.4) is 0 Å². The van der Waals surface area contributed by atoms with Crippen molar-refractivity contribution in [2.75, 3.05) is 0 Å². The number of nitrogens with one attached hydrogen (secondary N) is 2. The average Bonchev–Trinajstić information content (AvgIpc) is 3.87. The number of hydrogen-bond donors (Lipinski definition) is 4. The zero-order chi connectivity index (χ0) is 40.0. The van der Waals surface area contributed by atoms with Gasteiger partial charge in [-0.15, -0.1) is 0 Å². The van der Waals surface area contributed by atoms with Crippen LogP contribution in [0.25, 0.3) is 22.8 Å². The maximum absolute atomic E-state index is 14.3. The highest BCUT2D eigenvalue weighted by Gasteiger charge is 2.32. The Morgan fingerprint density at radius 3 is 2.30 bits per heavy atom. The van der Waals surface area contributed by atoms with Gasteiger partial charge in [-0.25, -0.2) is 18.8 Å². The van der Waals surface area contributed by atoms with Gasteiger partial charge in [0.1, 0.15) is 5.69 Å². The van der Waals surface area contributed by atoms with E-state index in [-0.39, 0.29) is 40.2 Å². The molecule has 0 bridgehead atoms. The van der Waals surface area contributed by atoms with Gasteiger partial charge < -0.3 is 16.5 Å². The molecule has 0 radical (unpaired) electrons. The number of carbonyl (C=O) groups excluding carboxylic acids is 1. The Morgan fingerprint density at radius 2 is 1.68 bits per heavy atom. The molecular formula is C39H39F3N8O5S. The topological polar surface area (TPSA) is 203 Å². The summed E-state index contributed by atoms with van der Waals surface area (Å²) < 4.78 is 78.7. The molecule has 3 aromatic heterocycles. The van der Waals surface area contributed by atoms with Crippen molar-refractivity contribution < 1.29 is 30.9 Å². The van der Waals surface area contributed by atoms with Crippen LogP contribution in [0.5, 0.6) is 0 Å². The van der Waals surface area contributed by atoms with E-state index in [9.17, 15) is 41.0 Å². The van der Waals surface area contributed by atoms with Crippen molar-refractivity contribution in [2.24, 2.45) is 0 Å². The zero-order valence-electron chi connectivity index (χ0n) is 31.1. The Bertz CT molecular complexity index is 2670. The maximum atomic E-state index is 14.3. The van der Waals surface area contributed by atoms with Gasteiger partial charge >= 0.3 is 17.9 Å². The smallest absolute Gasteiger partial charge is 0.360 e. The number of nitriles is 1. The van der Waals surface area contributed by atoms with E-state index in [4.69, 9.17) is 0 Å². The van der Waals surface area contributed by atoms with Gasteiger partial charge in [0.05, 0.1) is 57.1 Å². The van der Waals surface area contributed by atoms with Gasteiger partial charge in [0.2, 0.25) is 0 Å². The largest absolute Gasteiger partial charge is 0.416 e. The van der Waals surface area contributed by atoms with E-state index < -0.39 is 39.6 Å². The second-order valence-corrected chi connectivity index (χ2v) is 14.5. The Balaban J connectivity index is 0.00000600. The number of aromatic amines is 1. The first kappa shape index (κ1) is 41.0. The van der Waals surface area contributed by atoms with E-state index in [2.05, 4.69) is 15.4 Å². The zero-order valence-corrected chi connectivity index (χ0v) is 31.9. The van der Waals surface area contributed by atoms with Crippen LogP contribution in [0, 0.1) is 39.0 Å². The van der Waals surface area contributed by atoms with Gasteiger partial charge in [-0.05, 0) is 123 Å². The second-order valence-electron chi connectivity index (χ2n) is 13.1. The molecule has 1 unspecified atom stereocenters. The molecule has 0 saturated heterocycles. The lowest BCUT2D eigenvalue weighted by Gasteiger charge is -2.18. The molecule has 13 nitrogen and oxygen atoms in total. The number of hydrogen-bond acceptors (Lipinski definition) is 7. The molecule has 0 aliphatic carbocycles. The lowest BCUT2D eigenvalue weighted by molar-refractivity contribution is -0.137. The van der Waals surface area contributed by atoms with Crippen LogP contribution in [-0.4, -0.2) is 42.9 Å². The highest BCUT2D eigenvalue weighted by Crippen LogP contribution is 2.33. The number of aromatic nitrogens is 5. The minimum atomic E-state index is -4.69. The molecule has 56 heavy (non-hydrogen) atoms. The predicted octanol–water partition coefficient (Wildman–Crippen LogP) is 7.65. The van der Waals surface area contributed by atoms with Crippen molar-refractivity contribution in [3.05, 3.63) is 140 Å². The normalized spacial score (nSPS) is 12.2. The van der Waals surface area contributed by atoms with Gasteiger partial charge in [-0.3, -0.25) is 9.12 Å². The third-order valence-electron chi connectivity index (χ3n) is 9.84. The summed E-state index contributed by atoms with van der Waals surface area (Å²) in [6, 6.07) is 17.7. The predicted molar refractivity (Wildman–Crippen MR) is 203 cm³/mol. The third kappa shape index (κ3) is 7.67. The minimum absolute atomic E-state index is 0. The summed E-state index contributed by atoms with van der Waals surface area (Å²) in [7, 11) is -4.47. The number of H-pyrrole nitrogens is 1. The quantitative estimate of drug-likeness (QED) is 0.107. The molecule has 0 saturated carbocycles. The standard InChI is InChI=1S/C39H36F3N7O5S.H3N/c1-6-32(33-15-12-29(45-33)18-27-19-35(55(52,53)54)24(4)22(2)23(27)3)46-37(50)48-36(34-16-17-44-49(34)30-13-10-26(21-43)11-14-30)25(5)47(38(48)51)31-9-7-8-28(20-31)39(40,41)42;/h7-17,19-20,32,45H,6,18H2,1-5H3,(H,46,50)(H,52,53,54);1H3. The number of alkyl halides is 3. The van der Waals surface area contributed by atoms with Crippen LogP contribution in [0.1, 0.15) is 69.8 Å². The van der Waals surface area contributed by atoms with Crippen molar-refractivity contribution in [3.8, 4) is 28.8 Å². The molecule has 1 amide bonds. The summed E-state index contributed by atoms with van der Waals surface area (Å²) in [5.74, 6) is 0. The van der Waals surface area contributed by atoms with Gasteiger partial charge in [0.15, 0.2) is 0 Å². The number of rotatable bonds is 9. The molecule has 3 aromatic carbocycles. The molecule has 6 aromatic rings. The lowest BCUT2D eigenvalue weighted by atomic mass is 9.96. The van der Waals surface area contributed by atoms with Gasteiger partial charge in [0, 0.05) is 17.8 Å². The Kier molecular flexibility index (Phi) is 11.3. The van der Waals surface area contributed by atoms with Crippen molar-refractivity contribution in [1.29, 1.82) is 5.26 Å². The third-order valence-corrected chi connectivity index (χ3v) is 10.8. The summed E-state index contributed by atoms with van der Waals surface area (Å²) in [6.07, 6.45) is -2.60. The molecule has 1 atom stereocenters. The Labute approximate surface area is 320 Å². The maximum Gasteiger partial charge on any atom is 0.416 e. The molecule has 6 rings (SSSR count). The molecule has 0 spiro atoms. The lowest BCUT2D eigenvalue weighted by Crippen LogP contribution is -2.39. The van der Waals surface area contributed by atoms with Crippen molar-refractivity contribution >= 4 is 16.1 Å². The molecule has 17 heteroatoms. The summed E-state index contributed by atoms with van der Waals surface area (Å²) in [5.41, 5.74) is 3.39. The molecule has 3 heterocycles. The first-order chi connectivity index (χ1) is 25.9. The SMILES string of the molecule is CCC(NC(=O)n1c(-c2ccnn2-c2ccc(C#N)cc2)c(C)n(-c2cccc(C(F)(F)F)c2)c1=O)c1ccc(Cc2cc(S(=O)(=O)O)c(C)c(C)c2C)[nH]1.N. The highest BCUT2D eigenvalue weighted by molar-refractivity contribution is 7.85. The van der Waals surface area contributed by atoms with Gasteiger partial charge in [-0.2, -0.15) is 31.9 Å². The monoisotopic (exact) mass is 788 g/mol. The van der Waals surface area contributed by atoms with Crippen LogP contribution in [0.2, 0.25) is 0 Å². The molecule has 0 aliphatic heterocycles. The Hall–Kier alpha value is -6.22. The summed E-state index contributed by atoms with van der Waals surface area (Å²) in [5, 5.41) is 16.6. The average molecular weight is 789 g/mol. The van der Waals surface area contributed by atoms with E-state index in [0.717, 1.165) is 32.4 Å². The number of amides is 1. The molecule has 292 valence electrons. The minimum Gasteiger partial charge on any atom is -0.360 e. The van der Waals surface area contributed by atoms with Crippen LogP contribution in [0.15, 0.2) is 88.7 Å². The van der Waals surface area contributed by atoms with Crippen LogP contribution < -0.4 is 17.2 Å². The Morgan fingerprint density at radius 1 is 0.982 bits per heavy atom. The van der Waals surface area contributed by atoms with Crippen molar-refractivity contribution in [1.82, 2.24) is 35.4 Å².